The third kappa shape index (κ3) is 4.09. The van der Waals surface area contributed by atoms with Crippen molar-refractivity contribution in [2.24, 2.45) is 0 Å². The molecule has 2 nitrogen and oxygen atoms in total. The van der Waals surface area contributed by atoms with E-state index in [-0.39, 0.29) is 0 Å². The summed E-state index contributed by atoms with van der Waals surface area (Å²) >= 11 is 0. The Morgan fingerprint density at radius 1 is 1.21 bits per heavy atom. The van der Waals surface area contributed by atoms with Gasteiger partial charge >= 0.3 is 0 Å². The Balaban J connectivity index is 2.71. The lowest BCUT2D eigenvalue weighted by Crippen LogP contribution is -2.30. The molecule has 0 aromatic heterocycles. The molecule has 0 aliphatic heterocycles. The fourth-order valence-corrected chi connectivity index (χ4v) is 2.38. The van der Waals surface area contributed by atoms with Gasteiger partial charge in [-0.15, -0.1) is 6.42 Å². The van der Waals surface area contributed by atoms with Crippen LogP contribution in [0.2, 0.25) is 0 Å². The van der Waals surface area contributed by atoms with Crippen LogP contribution in [-0.2, 0) is 10.3 Å². The Morgan fingerprint density at radius 2 is 1.84 bits per heavy atom. The van der Waals surface area contributed by atoms with Gasteiger partial charge in [0.25, 0.3) is 0 Å². The van der Waals surface area contributed by atoms with E-state index in [1.807, 2.05) is 30.3 Å². The van der Waals surface area contributed by atoms with Crippen LogP contribution in [0.15, 0.2) is 30.3 Å². The summed E-state index contributed by atoms with van der Waals surface area (Å²) < 4.78 is 5.67. The van der Waals surface area contributed by atoms with E-state index in [4.69, 9.17) is 11.2 Å². The molecule has 0 fully saturated rings. The summed E-state index contributed by atoms with van der Waals surface area (Å²) in [6, 6.07) is 10.1. The van der Waals surface area contributed by atoms with E-state index in [9.17, 15) is 0 Å². The van der Waals surface area contributed by atoms with E-state index in [0.29, 0.717) is 0 Å². The lowest BCUT2D eigenvalue weighted by atomic mass is 9.89. The third-order valence-corrected chi connectivity index (χ3v) is 3.72. The number of rotatable bonds is 8. The van der Waals surface area contributed by atoms with E-state index < -0.39 is 5.60 Å². The molecule has 0 heterocycles. The minimum atomic E-state index is -0.589. The maximum Gasteiger partial charge on any atom is 0.153 e. The van der Waals surface area contributed by atoms with Gasteiger partial charge < -0.3 is 9.64 Å². The molecule has 2 heteroatoms. The maximum atomic E-state index is 5.74. The highest BCUT2D eigenvalue weighted by atomic mass is 16.5. The van der Waals surface area contributed by atoms with E-state index in [1.54, 1.807) is 7.11 Å². The molecule has 104 valence electrons. The highest BCUT2D eigenvalue weighted by Crippen LogP contribution is 2.29. The van der Waals surface area contributed by atoms with Crippen LogP contribution in [0.5, 0.6) is 0 Å². The first-order chi connectivity index (χ1) is 9.22. The molecule has 0 saturated heterocycles. The van der Waals surface area contributed by atoms with Crippen LogP contribution in [0, 0.1) is 12.3 Å². The van der Waals surface area contributed by atoms with Crippen molar-refractivity contribution < 1.29 is 4.74 Å². The second-order valence-electron chi connectivity index (χ2n) is 4.67. The number of nitrogens with zero attached hydrogens (tertiary/aromatic N) is 1. The van der Waals surface area contributed by atoms with Crippen LogP contribution in [-0.4, -0.2) is 31.6 Å². The van der Waals surface area contributed by atoms with Crippen LogP contribution in [0.25, 0.3) is 0 Å². The van der Waals surface area contributed by atoms with E-state index >= 15 is 0 Å². The van der Waals surface area contributed by atoms with Gasteiger partial charge in [0.2, 0.25) is 0 Å². The predicted octanol–water partition coefficient (Wildman–Crippen LogP) is 3.28. The number of hydrogen-bond acceptors (Lipinski definition) is 2. The standard InChI is InChI=1S/C17H25NO/c1-5-17(19-4,16-12-9-8-10-13-16)14-11-15-18(6-2)7-3/h1,8-10,12-13H,6-7,11,14-15H2,2-4H3/t17-/m0/s1. The van der Waals surface area contributed by atoms with E-state index in [1.165, 1.54) is 0 Å². The number of benzene rings is 1. The maximum absolute atomic E-state index is 5.74. The van der Waals surface area contributed by atoms with Crippen LogP contribution >= 0.6 is 0 Å². The Hall–Kier alpha value is -1.30. The lowest BCUT2D eigenvalue weighted by Gasteiger charge is -2.28. The van der Waals surface area contributed by atoms with E-state index in [2.05, 4.69) is 24.7 Å². The van der Waals surface area contributed by atoms with Crippen LogP contribution in [0.4, 0.5) is 0 Å². The normalized spacial score (nSPS) is 14.1. The van der Waals surface area contributed by atoms with Crippen LogP contribution < -0.4 is 0 Å². The molecule has 0 N–H and O–H groups in total. The molecule has 0 radical (unpaired) electrons. The Labute approximate surface area is 117 Å². The Bertz CT molecular complexity index is 391. The fraction of sp³-hybridized carbons (Fsp3) is 0.529. The molecule has 0 aliphatic rings. The fourth-order valence-electron chi connectivity index (χ4n) is 2.38. The monoisotopic (exact) mass is 259 g/mol. The summed E-state index contributed by atoms with van der Waals surface area (Å²) in [5.74, 6) is 2.85. The molecule has 0 amide bonds. The van der Waals surface area contributed by atoms with E-state index in [0.717, 1.165) is 38.0 Å². The summed E-state index contributed by atoms with van der Waals surface area (Å²) in [4.78, 5) is 2.40. The summed E-state index contributed by atoms with van der Waals surface area (Å²) in [6.07, 6.45) is 7.63. The predicted molar refractivity (Wildman–Crippen MR) is 81.0 cm³/mol. The first kappa shape index (κ1) is 15.8. The number of hydrogen-bond donors (Lipinski definition) is 0. The molecule has 19 heavy (non-hydrogen) atoms. The molecule has 0 bridgehead atoms. The Morgan fingerprint density at radius 3 is 2.32 bits per heavy atom. The van der Waals surface area contributed by atoms with Gasteiger partial charge in [0.15, 0.2) is 5.60 Å². The minimum Gasteiger partial charge on any atom is -0.361 e. The average molecular weight is 259 g/mol. The third-order valence-electron chi connectivity index (χ3n) is 3.72. The first-order valence-electron chi connectivity index (χ1n) is 7.03. The molecule has 0 spiro atoms. The van der Waals surface area contributed by atoms with Gasteiger partial charge in [0, 0.05) is 7.11 Å². The highest BCUT2D eigenvalue weighted by Gasteiger charge is 2.29. The van der Waals surface area contributed by atoms with Crippen molar-refractivity contribution in [1.82, 2.24) is 4.90 Å². The molecular weight excluding hydrogens is 234 g/mol. The molecule has 1 aromatic rings. The summed E-state index contributed by atoms with van der Waals surface area (Å²) in [5.41, 5.74) is 0.480. The highest BCUT2D eigenvalue weighted by molar-refractivity contribution is 5.30. The van der Waals surface area contributed by atoms with Crippen LogP contribution in [0.1, 0.15) is 32.3 Å². The number of terminal acetylenes is 1. The zero-order valence-corrected chi connectivity index (χ0v) is 12.4. The zero-order chi connectivity index (χ0) is 14.1. The number of methoxy groups -OCH3 is 1. The first-order valence-corrected chi connectivity index (χ1v) is 7.03. The van der Waals surface area contributed by atoms with Crippen molar-refractivity contribution >= 4 is 0 Å². The molecule has 0 aliphatic carbocycles. The molecule has 1 rings (SSSR count). The second kappa shape index (κ2) is 7.99. The molecule has 0 unspecified atom stereocenters. The van der Waals surface area contributed by atoms with Crippen molar-refractivity contribution in [3.8, 4) is 12.3 Å². The van der Waals surface area contributed by atoms with Gasteiger partial charge in [-0.2, -0.15) is 0 Å². The smallest absolute Gasteiger partial charge is 0.153 e. The Kier molecular flexibility index (Phi) is 6.62. The SMILES string of the molecule is C#C[C@@](CCCN(CC)CC)(OC)c1ccccc1. The summed E-state index contributed by atoms with van der Waals surface area (Å²) in [7, 11) is 1.70. The van der Waals surface area contributed by atoms with Crippen molar-refractivity contribution in [1.29, 1.82) is 0 Å². The second-order valence-corrected chi connectivity index (χ2v) is 4.67. The topological polar surface area (TPSA) is 12.5 Å². The molecule has 0 saturated carbocycles. The van der Waals surface area contributed by atoms with Gasteiger partial charge in [0.1, 0.15) is 0 Å². The van der Waals surface area contributed by atoms with Crippen molar-refractivity contribution in [3.63, 3.8) is 0 Å². The minimum absolute atomic E-state index is 0.589. The van der Waals surface area contributed by atoms with Gasteiger partial charge in [-0.05, 0) is 38.0 Å². The summed E-state index contributed by atoms with van der Waals surface area (Å²) in [6.45, 7) is 7.60. The van der Waals surface area contributed by atoms with Gasteiger partial charge in [-0.1, -0.05) is 50.1 Å². The molecule has 1 aromatic carbocycles. The van der Waals surface area contributed by atoms with Gasteiger partial charge in [-0.25, -0.2) is 0 Å². The lowest BCUT2D eigenvalue weighted by molar-refractivity contribution is 0.0267. The van der Waals surface area contributed by atoms with Crippen molar-refractivity contribution in [2.75, 3.05) is 26.7 Å². The molecular formula is C17H25NO. The van der Waals surface area contributed by atoms with Gasteiger partial charge in [0.05, 0.1) is 0 Å². The summed E-state index contributed by atoms with van der Waals surface area (Å²) in [5, 5.41) is 0. The quantitative estimate of drug-likeness (QED) is 0.664. The van der Waals surface area contributed by atoms with Gasteiger partial charge in [-0.3, -0.25) is 0 Å². The zero-order valence-electron chi connectivity index (χ0n) is 12.4. The van der Waals surface area contributed by atoms with Crippen molar-refractivity contribution in [3.05, 3.63) is 35.9 Å². The van der Waals surface area contributed by atoms with Crippen LogP contribution in [0.3, 0.4) is 0 Å². The van der Waals surface area contributed by atoms with Crippen molar-refractivity contribution in [2.45, 2.75) is 32.3 Å². The molecule has 1 atom stereocenters. The largest absolute Gasteiger partial charge is 0.361 e. The average Bonchev–Trinajstić information content (AvgIpc) is 2.49. The number of ether oxygens (including phenoxy) is 1.